The molecule has 0 bridgehead atoms. The van der Waals surface area contributed by atoms with Gasteiger partial charge in [-0.3, -0.25) is 4.79 Å². The number of benzene rings is 1. The average molecular weight is 264 g/mol. The average Bonchev–Trinajstić information content (AvgIpc) is 3.20. The summed E-state index contributed by atoms with van der Waals surface area (Å²) in [4.78, 5) is 11.5. The van der Waals surface area contributed by atoms with E-state index in [-0.39, 0.29) is 11.7 Å². The Bertz CT molecular complexity index is 444. The first-order valence-electron chi connectivity index (χ1n) is 6.55. The van der Waals surface area contributed by atoms with Gasteiger partial charge in [-0.2, -0.15) is 0 Å². The molecule has 5 heteroatoms. The molecular weight excluding hydrogens is 244 g/mol. The number of methoxy groups -OCH3 is 1. The fourth-order valence-electron chi connectivity index (χ4n) is 1.78. The van der Waals surface area contributed by atoms with Crippen molar-refractivity contribution in [1.82, 2.24) is 10.6 Å². The van der Waals surface area contributed by atoms with Gasteiger partial charge in [0, 0.05) is 31.1 Å². The topological polar surface area (TPSA) is 70.6 Å². The monoisotopic (exact) mass is 264 g/mol. The van der Waals surface area contributed by atoms with Gasteiger partial charge in [0.1, 0.15) is 11.5 Å². The van der Waals surface area contributed by atoms with Crippen molar-refractivity contribution in [3.63, 3.8) is 0 Å². The minimum Gasteiger partial charge on any atom is -0.508 e. The number of rotatable bonds is 7. The maximum atomic E-state index is 11.5. The molecule has 1 aromatic carbocycles. The van der Waals surface area contributed by atoms with Gasteiger partial charge in [0.05, 0.1) is 7.11 Å². The third kappa shape index (κ3) is 4.44. The molecule has 0 atom stereocenters. The van der Waals surface area contributed by atoms with Crippen LogP contribution in [0.3, 0.4) is 0 Å². The Morgan fingerprint density at radius 3 is 2.95 bits per heavy atom. The second kappa shape index (κ2) is 6.43. The number of phenolic OH excluding ortho intramolecular Hbond substituents is 1. The van der Waals surface area contributed by atoms with Crippen LogP contribution in [0.5, 0.6) is 11.5 Å². The Morgan fingerprint density at radius 1 is 1.47 bits per heavy atom. The van der Waals surface area contributed by atoms with Crippen molar-refractivity contribution in [2.75, 3.05) is 13.7 Å². The maximum Gasteiger partial charge on any atom is 0.221 e. The lowest BCUT2D eigenvalue weighted by Crippen LogP contribution is -2.29. The summed E-state index contributed by atoms with van der Waals surface area (Å²) in [6.07, 6.45) is 2.68. The number of hydrogen-bond acceptors (Lipinski definition) is 4. The molecule has 19 heavy (non-hydrogen) atoms. The van der Waals surface area contributed by atoms with E-state index in [1.807, 2.05) is 0 Å². The van der Waals surface area contributed by atoms with Crippen LogP contribution >= 0.6 is 0 Å². The van der Waals surface area contributed by atoms with E-state index in [0.717, 1.165) is 18.4 Å². The molecule has 1 aromatic rings. The van der Waals surface area contributed by atoms with Crippen molar-refractivity contribution in [2.45, 2.75) is 31.8 Å². The summed E-state index contributed by atoms with van der Waals surface area (Å²) in [6, 6.07) is 5.51. The van der Waals surface area contributed by atoms with Gasteiger partial charge in [0.2, 0.25) is 5.91 Å². The molecule has 3 N–H and O–H groups in total. The fraction of sp³-hybridized carbons (Fsp3) is 0.500. The third-order valence-electron chi connectivity index (χ3n) is 3.07. The van der Waals surface area contributed by atoms with Crippen LogP contribution in [0.15, 0.2) is 18.2 Å². The molecular formula is C14H20N2O3. The maximum absolute atomic E-state index is 11.5. The van der Waals surface area contributed by atoms with Crippen LogP contribution in [0.4, 0.5) is 0 Å². The smallest absolute Gasteiger partial charge is 0.221 e. The molecule has 1 fully saturated rings. The minimum absolute atomic E-state index is 0.0878. The normalized spacial score (nSPS) is 14.2. The van der Waals surface area contributed by atoms with Gasteiger partial charge in [0.25, 0.3) is 0 Å². The number of phenols is 1. The lowest BCUT2D eigenvalue weighted by atomic mass is 10.2. The number of nitrogens with one attached hydrogen (secondary N) is 2. The van der Waals surface area contributed by atoms with E-state index in [0.29, 0.717) is 31.3 Å². The van der Waals surface area contributed by atoms with Gasteiger partial charge in [-0.1, -0.05) is 0 Å². The van der Waals surface area contributed by atoms with Gasteiger partial charge in [0.15, 0.2) is 0 Å². The Labute approximate surface area is 113 Å². The van der Waals surface area contributed by atoms with Crippen molar-refractivity contribution in [3.8, 4) is 11.5 Å². The molecule has 5 nitrogen and oxygen atoms in total. The molecule has 0 unspecified atom stereocenters. The van der Waals surface area contributed by atoms with Crippen molar-refractivity contribution in [1.29, 1.82) is 0 Å². The molecule has 1 saturated carbocycles. The summed E-state index contributed by atoms with van der Waals surface area (Å²) in [7, 11) is 1.59. The summed E-state index contributed by atoms with van der Waals surface area (Å²) >= 11 is 0. The summed E-state index contributed by atoms with van der Waals surface area (Å²) in [5, 5.41) is 15.8. The molecule has 0 heterocycles. The quantitative estimate of drug-likeness (QED) is 0.646. The van der Waals surface area contributed by atoms with Crippen LogP contribution < -0.4 is 15.4 Å². The van der Waals surface area contributed by atoms with E-state index in [1.54, 1.807) is 25.3 Å². The molecule has 0 aliphatic heterocycles. The van der Waals surface area contributed by atoms with Crippen molar-refractivity contribution in [2.24, 2.45) is 0 Å². The Hall–Kier alpha value is -1.75. The SMILES string of the molecule is COc1ccc(O)c(CNCCC(=O)NC2CC2)c1. The van der Waals surface area contributed by atoms with E-state index in [1.165, 1.54) is 0 Å². The predicted octanol–water partition coefficient (Wildman–Crippen LogP) is 1.16. The lowest BCUT2D eigenvalue weighted by molar-refractivity contribution is -0.121. The number of carbonyl (C=O) groups is 1. The van der Waals surface area contributed by atoms with Crippen molar-refractivity contribution >= 4 is 5.91 Å². The predicted molar refractivity (Wildman–Crippen MR) is 72.1 cm³/mol. The van der Waals surface area contributed by atoms with E-state index < -0.39 is 0 Å². The molecule has 1 aliphatic rings. The second-order valence-corrected chi connectivity index (χ2v) is 4.76. The standard InChI is InChI=1S/C14H20N2O3/c1-19-12-4-5-13(17)10(8-12)9-15-7-6-14(18)16-11-2-3-11/h4-5,8,11,15,17H,2-3,6-7,9H2,1H3,(H,16,18). The highest BCUT2D eigenvalue weighted by molar-refractivity contribution is 5.76. The summed E-state index contributed by atoms with van der Waals surface area (Å²) in [5.41, 5.74) is 0.766. The van der Waals surface area contributed by atoms with Crippen LogP contribution in [-0.4, -0.2) is 30.7 Å². The number of hydrogen-bond donors (Lipinski definition) is 3. The fourth-order valence-corrected chi connectivity index (χ4v) is 1.78. The Morgan fingerprint density at radius 2 is 2.26 bits per heavy atom. The van der Waals surface area contributed by atoms with E-state index >= 15 is 0 Å². The van der Waals surface area contributed by atoms with Crippen LogP contribution in [-0.2, 0) is 11.3 Å². The van der Waals surface area contributed by atoms with Gasteiger partial charge in [-0.15, -0.1) is 0 Å². The van der Waals surface area contributed by atoms with Crippen LogP contribution in [0.2, 0.25) is 0 Å². The zero-order valence-electron chi connectivity index (χ0n) is 11.1. The summed E-state index contributed by atoms with van der Waals surface area (Å²) < 4.78 is 5.10. The molecule has 0 aromatic heterocycles. The molecule has 0 radical (unpaired) electrons. The van der Waals surface area contributed by atoms with Crippen molar-refractivity contribution < 1.29 is 14.6 Å². The lowest BCUT2D eigenvalue weighted by Gasteiger charge is -2.09. The van der Waals surface area contributed by atoms with E-state index in [4.69, 9.17) is 4.74 Å². The number of ether oxygens (including phenoxy) is 1. The van der Waals surface area contributed by atoms with Gasteiger partial charge in [-0.05, 0) is 31.0 Å². The number of aromatic hydroxyl groups is 1. The second-order valence-electron chi connectivity index (χ2n) is 4.76. The minimum atomic E-state index is 0.0878. The molecule has 1 amide bonds. The number of carbonyl (C=O) groups excluding carboxylic acids is 1. The Balaban J connectivity index is 1.70. The van der Waals surface area contributed by atoms with Crippen LogP contribution in [0.1, 0.15) is 24.8 Å². The van der Waals surface area contributed by atoms with Crippen LogP contribution in [0.25, 0.3) is 0 Å². The van der Waals surface area contributed by atoms with Gasteiger partial charge in [-0.25, -0.2) is 0 Å². The molecule has 0 spiro atoms. The summed E-state index contributed by atoms with van der Waals surface area (Å²) in [5.74, 6) is 1.03. The molecule has 2 rings (SSSR count). The van der Waals surface area contributed by atoms with Gasteiger partial charge >= 0.3 is 0 Å². The highest BCUT2D eigenvalue weighted by Gasteiger charge is 2.22. The van der Waals surface area contributed by atoms with E-state index in [2.05, 4.69) is 10.6 Å². The zero-order chi connectivity index (χ0) is 13.7. The molecule has 1 aliphatic carbocycles. The highest BCUT2D eigenvalue weighted by atomic mass is 16.5. The molecule has 104 valence electrons. The first kappa shape index (κ1) is 13.7. The Kier molecular flexibility index (Phi) is 4.63. The first-order chi connectivity index (χ1) is 9.19. The van der Waals surface area contributed by atoms with E-state index in [9.17, 15) is 9.90 Å². The molecule has 0 saturated heterocycles. The third-order valence-corrected chi connectivity index (χ3v) is 3.07. The highest BCUT2D eigenvalue weighted by Crippen LogP contribution is 2.22. The zero-order valence-corrected chi connectivity index (χ0v) is 11.1. The number of amides is 1. The summed E-state index contributed by atoms with van der Waals surface area (Å²) in [6.45, 7) is 1.11. The van der Waals surface area contributed by atoms with Crippen molar-refractivity contribution in [3.05, 3.63) is 23.8 Å². The van der Waals surface area contributed by atoms with Crippen LogP contribution in [0, 0.1) is 0 Å². The largest absolute Gasteiger partial charge is 0.508 e. The first-order valence-corrected chi connectivity index (χ1v) is 6.55. The van der Waals surface area contributed by atoms with Gasteiger partial charge < -0.3 is 20.5 Å².